The fraction of sp³-hybridized carbons (Fsp3) is 0.500. The van der Waals surface area contributed by atoms with Crippen molar-refractivity contribution < 1.29 is 60.7 Å². The van der Waals surface area contributed by atoms with E-state index in [1.54, 1.807) is 40.3 Å². The maximum atomic E-state index is 12.3. The smallest absolute Gasteiger partial charge is 0.383 e. The number of halogens is 1. The van der Waals surface area contributed by atoms with Crippen LogP contribution in [0.3, 0.4) is 0 Å². The molecule has 1 amide bonds. The molecule has 0 bridgehead atoms. The second-order valence-corrected chi connectivity index (χ2v) is 16.3. The van der Waals surface area contributed by atoms with Gasteiger partial charge in [-0.2, -0.15) is 8.62 Å². The second-order valence-electron chi connectivity index (χ2n) is 8.09. The molecule has 3 rings (SSSR count). The average Bonchev–Trinajstić information content (AvgIpc) is 3.40. The van der Waals surface area contributed by atoms with Crippen molar-refractivity contribution in [2.45, 2.75) is 37.2 Å². The molecular formula is C18H25IN5O13P3S2. The lowest BCUT2D eigenvalue weighted by molar-refractivity contribution is -0.0616. The number of ether oxygens (including phenoxy) is 2. The highest BCUT2D eigenvalue weighted by atomic mass is 127. The van der Waals surface area contributed by atoms with Crippen LogP contribution in [0.25, 0.3) is 11.0 Å². The fourth-order valence-electron chi connectivity index (χ4n) is 3.72. The summed E-state index contributed by atoms with van der Waals surface area (Å²) < 4.78 is 60.6. The van der Waals surface area contributed by atoms with Crippen molar-refractivity contribution in [1.82, 2.24) is 19.9 Å². The summed E-state index contributed by atoms with van der Waals surface area (Å²) in [5.74, 6) is 5.86. The quantitative estimate of drug-likeness (QED) is 0.0323. The topological polar surface area (TPSA) is 264 Å². The number of carbonyl (C=O) groups excluding carboxylic acids is 1. The lowest BCUT2D eigenvalue weighted by Gasteiger charge is -2.23. The molecule has 0 radical (unpaired) electrons. The number of nitrogens with zero attached hydrogens (tertiary/aromatic N) is 3. The Labute approximate surface area is 260 Å². The minimum atomic E-state index is -5.70. The van der Waals surface area contributed by atoms with Crippen molar-refractivity contribution in [3.05, 3.63) is 18.1 Å². The minimum Gasteiger partial charge on any atom is -0.383 e. The monoisotopic (exact) mass is 803 g/mol. The van der Waals surface area contributed by atoms with E-state index in [1.165, 1.54) is 27.9 Å². The maximum Gasteiger partial charge on any atom is 0.490 e. The number of phosphoric ester groups is 1. The molecule has 2 aromatic rings. The van der Waals surface area contributed by atoms with Gasteiger partial charge in [0.2, 0.25) is 0 Å². The highest BCUT2D eigenvalue weighted by Gasteiger charge is 2.44. The average molecular weight is 803 g/mol. The molecule has 24 heteroatoms. The highest BCUT2D eigenvalue weighted by molar-refractivity contribution is 14.1. The predicted octanol–water partition coefficient (Wildman–Crippen LogP) is 2.88. The lowest BCUT2D eigenvalue weighted by Crippen LogP contribution is -2.30. The van der Waals surface area contributed by atoms with E-state index >= 15 is 0 Å². The van der Waals surface area contributed by atoms with Gasteiger partial charge >= 0.3 is 23.5 Å². The van der Waals surface area contributed by atoms with Crippen LogP contribution in [0.2, 0.25) is 0 Å². The molecule has 6 atom stereocenters. The number of fused-ring (bicyclic) bond motifs is 1. The number of nitrogens with one attached hydrogen (secondary N) is 1. The van der Waals surface area contributed by atoms with Crippen LogP contribution in [0, 0.1) is 11.8 Å². The Bertz CT molecular complexity index is 1500. The number of nitrogens with two attached hydrogens (primary N) is 1. The van der Waals surface area contributed by atoms with Crippen LogP contribution >= 0.6 is 67.6 Å². The van der Waals surface area contributed by atoms with E-state index in [0.29, 0.717) is 16.6 Å². The number of nitrogen functional groups attached to an aromatic ring is 1. The summed E-state index contributed by atoms with van der Waals surface area (Å²) in [5.41, 5.74) is 6.52. The number of amides is 1. The van der Waals surface area contributed by atoms with E-state index in [1.807, 2.05) is 6.26 Å². The zero-order valence-electron chi connectivity index (χ0n) is 21.5. The summed E-state index contributed by atoms with van der Waals surface area (Å²) in [4.78, 5) is 56.2. The van der Waals surface area contributed by atoms with Crippen LogP contribution in [0.1, 0.15) is 25.1 Å². The maximum absolute atomic E-state index is 12.3. The standard InChI is InChI=1S/C18H25IN5O13P3S2/c1-10(42-41-2)34-12-6-14(35-13(12)8-33-39(29,30)37-40(31,32)36-38(26,27)28)24-7-11(4-3-5-21-18(19)25)15-16(20)22-9-23-17(15)24/h7,9-10,12-14H,5-6,8H2,1-2H3,(H,21,25)(H,29,30)(H,31,32)(H2,20,22,23)(H2,26,27,28). The summed E-state index contributed by atoms with van der Waals surface area (Å²) >= 11 is 1.58. The van der Waals surface area contributed by atoms with E-state index in [9.17, 15) is 28.3 Å². The number of carbonyl (C=O) groups is 1. The molecule has 1 aliphatic rings. The fourth-order valence-corrected chi connectivity index (χ4v) is 8.34. The first-order valence-electron chi connectivity index (χ1n) is 11.3. The van der Waals surface area contributed by atoms with Gasteiger partial charge in [-0.25, -0.2) is 23.7 Å². The van der Waals surface area contributed by atoms with Crippen molar-refractivity contribution >= 4 is 88.4 Å². The summed E-state index contributed by atoms with van der Waals surface area (Å²) in [6.07, 6.45) is 2.29. The number of phosphoric acid groups is 3. The molecule has 1 saturated heterocycles. The summed E-state index contributed by atoms with van der Waals surface area (Å²) in [6, 6.07) is 0. The van der Waals surface area contributed by atoms with E-state index < -0.39 is 48.5 Å². The van der Waals surface area contributed by atoms with Crippen LogP contribution in [0.15, 0.2) is 12.5 Å². The van der Waals surface area contributed by atoms with Crippen molar-refractivity contribution in [3.8, 4) is 11.8 Å². The molecule has 6 unspecified atom stereocenters. The molecule has 3 heterocycles. The van der Waals surface area contributed by atoms with Crippen LogP contribution in [0.5, 0.6) is 0 Å². The van der Waals surface area contributed by atoms with Crippen molar-refractivity contribution in [1.29, 1.82) is 0 Å². The van der Waals surface area contributed by atoms with Crippen LogP contribution in [-0.4, -0.2) is 75.1 Å². The van der Waals surface area contributed by atoms with Gasteiger partial charge in [0, 0.05) is 35.2 Å². The molecule has 0 aromatic carbocycles. The molecule has 0 saturated carbocycles. The number of hydrogen-bond acceptors (Lipinski definition) is 14. The van der Waals surface area contributed by atoms with Crippen LogP contribution < -0.4 is 11.1 Å². The second kappa shape index (κ2) is 15.0. The number of hydrogen-bond donors (Lipinski definition) is 6. The predicted molar refractivity (Wildman–Crippen MR) is 160 cm³/mol. The molecule has 0 aliphatic carbocycles. The Morgan fingerprint density at radius 2 is 2.00 bits per heavy atom. The van der Waals surface area contributed by atoms with Gasteiger partial charge in [-0.05, 0) is 13.2 Å². The van der Waals surface area contributed by atoms with Gasteiger partial charge in [0.25, 0.3) is 3.91 Å². The van der Waals surface area contributed by atoms with Gasteiger partial charge in [-0.15, -0.1) is 0 Å². The van der Waals surface area contributed by atoms with Gasteiger partial charge < -0.3 is 44.7 Å². The largest absolute Gasteiger partial charge is 0.490 e. The lowest BCUT2D eigenvalue weighted by atomic mass is 10.2. The van der Waals surface area contributed by atoms with Gasteiger partial charge in [0.15, 0.2) is 0 Å². The Morgan fingerprint density at radius 3 is 2.64 bits per heavy atom. The normalized spacial score (nSPS) is 22.6. The third kappa shape index (κ3) is 10.7. The van der Waals surface area contributed by atoms with E-state index in [-0.39, 0.29) is 28.1 Å². The van der Waals surface area contributed by atoms with Gasteiger partial charge in [-0.3, -0.25) is 9.32 Å². The first-order valence-corrected chi connectivity index (χ1v) is 19.5. The third-order valence-electron chi connectivity index (χ3n) is 5.08. The minimum absolute atomic E-state index is 0.0750. The van der Waals surface area contributed by atoms with Gasteiger partial charge in [0.1, 0.15) is 35.6 Å². The Morgan fingerprint density at radius 1 is 1.29 bits per heavy atom. The van der Waals surface area contributed by atoms with E-state index in [4.69, 9.17) is 29.5 Å². The van der Waals surface area contributed by atoms with E-state index in [0.717, 1.165) is 0 Å². The molecule has 2 aromatic heterocycles. The molecule has 18 nitrogen and oxygen atoms in total. The molecule has 0 spiro atoms. The van der Waals surface area contributed by atoms with Gasteiger partial charge in [-0.1, -0.05) is 33.4 Å². The first kappa shape index (κ1) is 35.7. The summed E-state index contributed by atoms with van der Waals surface area (Å²) in [6.45, 7) is 1.14. The summed E-state index contributed by atoms with van der Waals surface area (Å²) in [7, 11) is -13.8. The molecule has 7 N–H and O–H groups in total. The number of rotatable bonds is 13. The molecule has 42 heavy (non-hydrogen) atoms. The molecular weight excluding hydrogens is 778 g/mol. The number of anilines is 1. The SMILES string of the molecule is CSSC(C)OC1CC(n2cc(C#CCNC(=O)I)c3c(N)ncnc32)OC1COP(=O)(O)OP(=O)(O)OP(=O)(O)O. The highest BCUT2D eigenvalue weighted by Crippen LogP contribution is 2.66. The van der Waals surface area contributed by atoms with Crippen molar-refractivity contribution in [2.24, 2.45) is 0 Å². The molecule has 234 valence electrons. The van der Waals surface area contributed by atoms with Crippen molar-refractivity contribution in [2.75, 3.05) is 25.1 Å². The third-order valence-corrected chi connectivity index (χ3v) is 11.2. The zero-order valence-corrected chi connectivity index (χ0v) is 28.0. The molecule has 1 aliphatic heterocycles. The van der Waals surface area contributed by atoms with Crippen LogP contribution in [0.4, 0.5) is 10.6 Å². The number of aromatic nitrogens is 3. The zero-order chi connectivity index (χ0) is 31.3. The van der Waals surface area contributed by atoms with Crippen molar-refractivity contribution in [3.63, 3.8) is 0 Å². The van der Waals surface area contributed by atoms with E-state index in [2.05, 4.69) is 35.7 Å². The summed E-state index contributed by atoms with van der Waals surface area (Å²) in [5, 5.41) is 2.97. The Balaban J connectivity index is 1.86. The Hall–Kier alpha value is -0.790. The molecule has 1 fully saturated rings. The first-order chi connectivity index (χ1) is 19.5. The Kier molecular flexibility index (Phi) is 12.7. The van der Waals surface area contributed by atoms with Gasteiger partial charge in [0.05, 0.1) is 30.2 Å². The van der Waals surface area contributed by atoms with Crippen LogP contribution in [-0.2, 0) is 36.3 Å².